The summed E-state index contributed by atoms with van der Waals surface area (Å²) in [7, 11) is 0. The van der Waals surface area contributed by atoms with Gasteiger partial charge in [-0.05, 0) is 35.4 Å². The molecule has 0 aromatic heterocycles. The molecule has 0 amide bonds. The standard InChI is InChI=1S/C14H13BrO2/c15-9-11-3-2-6-14(8-11)17-10-12-4-1-5-13(16)7-12/h1-8,16H,9-10H2. The van der Waals surface area contributed by atoms with Crippen LogP contribution in [0.1, 0.15) is 11.1 Å². The van der Waals surface area contributed by atoms with Gasteiger partial charge in [0.2, 0.25) is 0 Å². The van der Waals surface area contributed by atoms with Gasteiger partial charge in [0, 0.05) is 5.33 Å². The highest BCUT2D eigenvalue weighted by Gasteiger charge is 1.98. The third kappa shape index (κ3) is 3.49. The van der Waals surface area contributed by atoms with Crippen molar-refractivity contribution in [1.29, 1.82) is 0 Å². The highest BCUT2D eigenvalue weighted by Crippen LogP contribution is 2.18. The number of phenolic OH excluding ortho intramolecular Hbond substituents is 1. The van der Waals surface area contributed by atoms with E-state index in [-0.39, 0.29) is 5.75 Å². The maximum atomic E-state index is 9.33. The predicted molar refractivity (Wildman–Crippen MR) is 71.5 cm³/mol. The second-order valence-electron chi connectivity index (χ2n) is 3.74. The number of rotatable bonds is 4. The first-order valence-corrected chi connectivity index (χ1v) is 6.45. The fourth-order valence-electron chi connectivity index (χ4n) is 1.53. The molecule has 0 radical (unpaired) electrons. The molecule has 3 heteroatoms. The minimum Gasteiger partial charge on any atom is -0.508 e. The Hall–Kier alpha value is -1.48. The third-order valence-corrected chi connectivity index (χ3v) is 3.02. The van der Waals surface area contributed by atoms with Crippen LogP contribution in [0.5, 0.6) is 11.5 Å². The highest BCUT2D eigenvalue weighted by molar-refractivity contribution is 9.08. The van der Waals surface area contributed by atoms with Crippen LogP contribution in [-0.2, 0) is 11.9 Å². The zero-order valence-electron chi connectivity index (χ0n) is 9.27. The number of ether oxygens (including phenoxy) is 1. The van der Waals surface area contributed by atoms with Crippen molar-refractivity contribution in [3.63, 3.8) is 0 Å². The fraction of sp³-hybridized carbons (Fsp3) is 0.143. The first-order valence-electron chi connectivity index (χ1n) is 5.33. The molecule has 2 nitrogen and oxygen atoms in total. The van der Waals surface area contributed by atoms with Crippen LogP contribution in [0.25, 0.3) is 0 Å². The Kier molecular flexibility index (Phi) is 4.04. The summed E-state index contributed by atoms with van der Waals surface area (Å²) in [4.78, 5) is 0. The van der Waals surface area contributed by atoms with E-state index in [1.165, 1.54) is 5.56 Å². The van der Waals surface area contributed by atoms with Crippen LogP contribution in [0.4, 0.5) is 0 Å². The molecule has 0 unspecified atom stereocenters. The van der Waals surface area contributed by atoms with Crippen molar-refractivity contribution in [2.24, 2.45) is 0 Å². The number of halogens is 1. The maximum Gasteiger partial charge on any atom is 0.120 e. The van der Waals surface area contributed by atoms with E-state index in [2.05, 4.69) is 15.9 Å². The Morgan fingerprint density at radius 3 is 2.53 bits per heavy atom. The monoisotopic (exact) mass is 292 g/mol. The van der Waals surface area contributed by atoms with E-state index in [1.54, 1.807) is 12.1 Å². The van der Waals surface area contributed by atoms with Gasteiger partial charge in [-0.15, -0.1) is 0 Å². The Bertz CT molecular complexity index is 497. The molecule has 0 fully saturated rings. The number of benzene rings is 2. The Labute approximate surface area is 109 Å². The molecule has 1 N–H and O–H groups in total. The van der Waals surface area contributed by atoms with Crippen molar-refractivity contribution in [3.05, 3.63) is 59.7 Å². The number of aromatic hydroxyl groups is 1. The van der Waals surface area contributed by atoms with Gasteiger partial charge in [-0.1, -0.05) is 40.2 Å². The molecule has 0 heterocycles. The maximum absolute atomic E-state index is 9.33. The van der Waals surface area contributed by atoms with Crippen LogP contribution in [0.3, 0.4) is 0 Å². The van der Waals surface area contributed by atoms with Crippen LogP contribution in [0, 0.1) is 0 Å². The molecule has 0 aliphatic rings. The van der Waals surface area contributed by atoms with E-state index in [9.17, 15) is 5.11 Å². The molecule has 0 aliphatic carbocycles. The molecule has 2 aromatic carbocycles. The van der Waals surface area contributed by atoms with E-state index in [1.807, 2.05) is 36.4 Å². The summed E-state index contributed by atoms with van der Waals surface area (Å²) in [5.41, 5.74) is 2.13. The average molecular weight is 293 g/mol. The lowest BCUT2D eigenvalue weighted by molar-refractivity contribution is 0.305. The molecular formula is C14H13BrO2. The van der Waals surface area contributed by atoms with Gasteiger partial charge in [-0.2, -0.15) is 0 Å². The molecule has 0 bridgehead atoms. The van der Waals surface area contributed by atoms with Gasteiger partial charge >= 0.3 is 0 Å². The quantitative estimate of drug-likeness (QED) is 0.867. The summed E-state index contributed by atoms with van der Waals surface area (Å²) < 4.78 is 5.66. The normalized spacial score (nSPS) is 10.2. The van der Waals surface area contributed by atoms with Gasteiger partial charge < -0.3 is 9.84 Å². The number of hydrogen-bond acceptors (Lipinski definition) is 2. The molecule has 0 saturated heterocycles. The van der Waals surface area contributed by atoms with Crippen molar-refractivity contribution < 1.29 is 9.84 Å². The molecule has 0 saturated carbocycles. The second-order valence-corrected chi connectivity index (χ2v) is 4.30. The van der Waals surface area contributed by atoms with Crippen molar-refractivity contribution in [1.82, 2.24) is 0 Å². The van der Waals surface area contributed by atoms with E-state index in [0.29, 0.717) is 6.61 Å². The SMILES string of the molecule is Oc1cccc(COc2cccc(CBr)c2)c1. The predicted octanol–water partition coefficient (Wildman–Crippen LogP) is 3.87. The minimum absolute atomic E-state index is 0.264. The van der Waals surface area contributed by atoms with Gasteiger partial charge in [0.15, 0.2) is 0 Å². The van der Waals surface area contributed by atoms with Gasteiger partial charge in [-0.25, -0.2) is 0 Å². The van der Waals surface area contributed by atoms with Crippen molar-refractivity contribution in [2.75, 3.05) is 0 Å². The Balaban J connectivity index is 2.02. The number of alkyl halides is 1. The van der Waals surface area contributed by atoms with Crippen LogP contribution >= 0.6 is 15.9 Å². The molecular weight excluding hydrogens is 280 g/mol. The summed E-state index contributed by atoms with van der Waals surface area (Å²) in [6.07, 6.45) is 0. The van der Waals surface area contributed by atoms with Crippen molar-refractivity contribution >= 4 is 15.9 Å². The second kappa shape index (κ2) is 5.73. The lowest BCUT2D eigenvalue weighted by Gasteiger charge is -2.07. The lowest BCUT2D eigenvalue weighted by Crippen LogP contribution is -1.95. The van der Waals surface area contributed by atoms with Crippen molar-refractivity contribution in [3.8, 4) is 11.5 Å². The van der Waals surface area contributed by atoms with Crippen LogP contribution in [0.15, 0.2) is 48.5 Å². The number of phenols is 1. The van der Waals surface area contributed by atoms with E-state index in [4.69, 9.17) is 4.74 Å². The summed E-state index contributed by atoms with van der Waals surface area (Å²) in [6, 6.07) is 15.0. The first kappa shape index (κ1) is 12.0. The van der Waals surface area contributed by atoms with E-state index in [0.717, 1.165) is 16.6 Å². The smallest absolute Gasteiger partial charge is 0.120 e. The highest BCUT2D eigenvalue weighted by atomic mass is 79.9. The molecule has 17 heavy (non-hydrogen) atoms. The summed E-state index contributed by atoms with van der Waals surface area (Å²) in [5, 5.41) is 10.1. The van der Waals surface area contributed by atoms with Crippen LogP contribution < -0.4 is 4.74 Å². The molecule has 0 atom stereocenters. The summed E-state index contributed by atoms with van der Waals surface area (Å²) >= 11 is 3.41. The zero-order chi connectivity index (χ0) is 12.1. The van der Waals surface area contributed by atoms with Crippen molar-refractivity contribution in [2.45, 2.75) is 11.9 Å². The minimum atomic E-state index is 0.264. The summed E-state index contributed by atoms with van der Waals surface area (Å²) in [6.45, 7) is 0.458. The molecule has 2 rings (SSSR count). The zero-order valence-corrected chi connectivity index (χ0v) is 10.9. The van der Waals surface area contributed by atoms with Gasteiger partial charge in [0.1, 0.15) is 18.1 Å². The largest absolute Gasteiger partial charge is 0.508 e. The fourth-order valence-corrected chi connectivity index (χ4v) is 1.88. The van der Waals surface area contributed by atoms with E-state index >= 15 is 0 Å². The van der Waals surface area contributed by atoms with Crippen LogP contribution in [0.2, 0.25) is 0 Å². The first-order chi connectivity index (χ1) is 8.28. The Morgan fingerprint density at radius 1 is 1.00 bits per heavy atom. The van der Waals surface area contributed by atoms with Gasteiger partial charge in [0.25, 0.3) is 0 Å². The van der Waals surface area contributed by atoms with Gasteiger partial charge in [0.05, 0.1) is 0 Å². The Morgan fingerprint density at radius 2 is 1.76 bits per heavy atom. The molecule has 0 aliphatic heterocycles. The average Bonchev–Trinajstić information content (AvgIpc) is 2.37. The number of hydrogen-bond donors (Lipinski definition) is 1. The molecule has 0 spiro atoms. The summed E-state index contributed by atoms with van der Waals surface area (Å²) in [5.74, 6) is 1.10. The topological polar surface area (TPSA) is 29.5 Å². The molecule has 2 aromatic rings. The van der Waals surface area contributed by atoms with E-state index < -0.39 is 0 Å². The third-order valence-electron chi connectivity index (χ3n) is 2.37. The lowest BCUT2D eigenvalue weighted by atomic mass is 10.2. The molecule has 88 valence electrons. The van der Waals surface area contributed by atoms with Gasteiger partial charge in [-0.3, -0.25) is 0 Å². The van der Waals surface area contributed by atoms with Crippen LogP contribution in [-0.4, -0.2) is 5.11 Å².